The van der Waals surface area contributed by atoms with Crippen molar-refractivity contribution in [1.29, 1.82) is 0 Å². The number of carbonyl (C=O) groups is 1. The normalized spacial score (nSPS) is 19.1. The molecule has 0 spiro atoms. The Morgan fingerprint density at radius 3 is 2.71 bits per heavy atom. The van der Waals surface area contributed by atoms with E-state index in [9.17, 15) is 18.0 Å². The molecule has 116 valence electrons. The predicted octanol–water partition coefficient (Wildman–Crippen LogP) is 1.76. The number of amides is 1. The lowest BCUT2D eigenvalue weighted by atomic mass is 10.0. The second-order valence-corrected chi connectivity index (χ2v) is 5.08. The van der Waals surface area contributed by atoms with Crippen molar-refractivity contribution in [3.63, 3.8) is 0 Å². The van der Waals surface area contributed by atoms with Gasteiger partial charge in [-0.1, -0.05) is 18.2 Å². The maximum atomic E-state index is 12.7. The lowest BCUT2D eigenvalue weighted by molar-refractivity contribution is -0.153. The van der Waals surface area contributed by atoms with E-state index in [1.807, 2.05) is 12.1 Å². The first-order valence-electron chi connectivity index (χ1n) is 6.80. The molecule has 0 fully saturated rings. The van der Waals surface area contributed by atoms with Crippen molar-refractivity contribution >= 4 is 11.6 Å². The number of hydrogen-bond donors (Lipinski definition) is 2. The van der Waals surface area contributed by atoms with Crippen molar-refractivity contribution in [2.24, 2.45) is 5.73 Å². The van der Waals surface area contributed by atoms with Crippen LogP contribution in [0.5, 0.6) is 0 Å². The van der Waals surface area contributed by atoms with Gasteiger partial charge >= 0.3 is 6.18 Å². The van der Waals surface area contributed by atoms with E-state index in [1.165, 1.54) is 0 Å². The van der Waals surface area contributed by atoms with Crippen molar-refractivity contribution in [3.05, 3.63) is 29.8 Å². The number of hydrogen-bond acceptors (Lipinski definition) is 3. The summed E-state index contributed by atoms with van der Waals surface area (Å²) >= 11 is 0. The number of nitrogens with one attached hydrogen (secondary N) is 1. The molecule has 1 aromatic carbocycles. The highest BCUT2D eigenvalue weighted by Crippen LogP contribution is 2.25. The summed E-state index contributed by atoms with van der Waals surface area (Å²) in [6.45, 7) is -1.01. The average molecular weight is 301 g/mol. The van der Waals surface area contributed by atoms with Gasteiger partial charge in [-0.05, 0) is 24.5 Å². The van der Waals surface area contributed by atoms with E-state index in [2.05, 4.69) is 5.32 Å². The molecule has 1 amide bonds. The number of nitrogens with zero attached hydrogens (tertiary/aromatic N) is 1. The summed E-state index contributed by atoms with van der Waals surface area (Å²) in [6.07, 6.45) is -3.45. The number of alkyl halides is 3. The third-order valence-electron chi connectivity index (χ3n) is 3.50. The van der Waals surface area contributed by atoms with Crippen LogP contribution in [0.4, 0.5) is 18.9 Å². The Labute approximate surface area is 121 Å². The van der Waals surface area contributed by atoms with Crippen LogP contribution in [-0.4, -0.2) is 42.7 Å². The predicted molar refractivity (Wildman–Crippen MR) is 73.9 cm³/mol. The number of halogens is 3. The molecule has 2 rings (SSSR count). The van der Waals surface area contributed by atoms with Crippen LogP contribution in [0.25, 0.3) is 0 Å². The van der Waals surface area contributed by atoms with Gasteiger partial charge in [-0.2, -0.15) is 13.2 Å². The highest BCUT2D eigenvalue weighted by Gasteiger charge is 2.37. The summed E-state index contributed by atoms with van der Waals surface area (Å²) < 4.78 is 38.0. The fourth-order valence-corrected chi connectivity index (χ4v) is 2.59. The number of nitrogens with two attached hydrogens (primary N) is 1. The van der Waals surface area contributed by atoms with Crippen molar-refractivity contribution in [1.82, 2.24) is 4.90 Å². The van der Waals surface area contributed by atoms with Crippen molar-refractivity contribution in [3.8, 4) is 0 Å². The zero-order chi connectivity index (χ0) is 15.5. The fraction of sp³-hybridized carbons (Fsp3) is 0.500. The first-order chi connectivity index (χ1) is 9.90. The van der Waals surface area contributed by atoms with E-state index in [-0.39, 0.29) is 13.1 Å². The fourth-order valence-electron chi connectivity index (χ4n) is 2.59. The maximum absolute atomic E-state index is 12.7. The Morgan fingerprint density at radius 2 is 2.05 bits per heavy atom. The SMILES string of the molecule is NCCN(CC(F)(F)F)C1CCc2ccccc2NC1=O. The Bertz CT molecular complexity index is 504. The first-order valence-corrected chi connectivity index (χ1v) is 6.80. The van der Waals surface area contributed by atoms with Crippen LogP contribution >= 0.6 is 0 Å². The minimum Gasteiger partial charge on any atom is -0.329 e. The quantitative estimate of drug-likeness (QED) is 0.891. The molecule has 1 aromatic rings. The summed E-state index contributed by atoms with van der Waals surface area (Å²) in [5.41, 5.74) is 6.99. The molecule has 21 heavy (non-hydrogen) atoms. The lowest BCUT2D eigenvalue weighted by Crippen LogP contribution is -2.49. The smallest absolute Gasteiger partial charge is 0.329 e. The molecule has 1 unspecified atom stereocenters. The van der Waals surface area contributed by atoms with Crippen LogP contribution in [0, 0.1) is 0 Å². The molecule has 0 aromatic heterocycles. The first kappa shape index (κ1) is 15.8. The van der Waals surface area contributed by atoms with Crippen molar-refractivity contribution in [2.45, 2.75) is 25.1 Å². The highest BCUT2D eigenvalue weighted by molar-refractivity contribution is 5.96. The Morgan fingerprint density at radius 1 is 1.33 bits per heavy atom. The van der Waals surface area contributed by atoms with E-state index < -0.39 is 24.7 Å². The molecular weight excluding hydrogens is 283 g/mol. The molecule has 1 atom stereocenters. The molecule has 1 heterocycles. The number of rotatable bonds is 4. The largest absolute Gasteiger partial charge is 0.401 e. The summed E-state index contributed by atoms with van der Waals surface area (Å²) in [4.78, 5) is 13.3. The molecule has 7 heteroatoms. The number of carbonyl (C=O) groups excluding carboxylic acids is 1. The number of benzene rings is 1. The molecule has 1 aliphatic heterocycles. The average Bonchev–Trinajstić information content (AvgIpc) is 2.55. The van der Waals surface area contributed by atoms with Gasteiger partial charge in [0.1, 0.15) is 0 Å². The van der Waals surface area contributed by atoms with E-state index >= 15 is 0 Å². The lowest BCUT2D eigenvalue weighted by Gasteiger charge is -2.29. The van der Waals surface area contributed by atoms with Gasteiger partial charge in [0.25, 0.3) is 0 Å². The van der Waals surface area contributed by atoms with Gasteiger partial charge in [-0.3, -0.25) is 9.69 Å². The standard InChI is InChI=1S/C14H18F3N3O/c15-14(16,17)9-20(8-7-18)12-6-5-10-3-1-2-4-11(10)19-13(12)21/h1-4,12H,5-9,18H2,(H,19,21). The van der Waals surface area contributed by atoms with Crippen LogP contribution < -0.4 is 11.1 Å². The third kappa shape index (κ3) is 4.18. The second-order valence-electron chi connectivity index (χ2n) is 5.08. The topological polar surface area (TPSA) is 58.4 Å². The minimum atomic E-state index is -4.35. The molecule has 0 aliphatic carbocycles. The summed E-state index contributed by atoms with van der Waals surface area (Å²) in [5, 5.41) is 2.71. The van der Waals surface area contributed by atoms with E-state index in [1.54, 1.807) is 12.1 Å². The molecule has 0 radical (unpaired) electrons. The van der Waals surface area contributed by atoms with Gasteiger partial charge in [0.05, 0.1) is 12.6 Å². The summed E-state index contributed by atoms with van der Waals surface area (Å²) in [5.74, 6) is -0.405. The summed E-state index contributed by atoms with van der Waals surface area (Å²) in [7, 11) is 0. The van der Waals surface area contributed by atoms with Crippen molar-refractivity contribution < 1.29 is 18.0 Å². The second kappa shape index (κ2) is 6.44. The van der Waals surface area contributed by atoms with Gasteiger partial charge in [-0.15, -0.1) is 0 Å². The number of fused-ring (bicyclic) bond motifs is 1. The van der Waals surface area contributed by atoms with Gasteiger partial charge in [-0.25, -0.2) is 0 Å². The number of para-hydroxylation sites is 1. The Kier molecular flexibility index (Phi) is 4.84. The monoisotopic (exact) mass is 301 g/mol. The highest BCUT2D eigenvalue weighted by atomic mass is 19.4. The third-order valence-corrected chi connectivity index (χ3v) is 3.50. The van der Waals surface area contributed by atoms with E-state index in [0.717, 1.165) is 10.5 Å². The Hall–Kier alpha value is -1.60. The molecular formula is C14H18F3N3O. The molecule has 4 nitrogen and oxygen atoms in total. The van der Waals surface area contributed by atoms with Crippen LogP contribution in [0.1, 0.15) is 12.0 Å². The molecule has 1 aliphatic rings. The molecule has 0 saturated heterocycles. The van der Waals surface area contributed by atoms with Crippen LogP contribution in [0.15, 0.2) is 24.3 Å². The zero-order valence-electron chi connectivity index (χ0n) is 11.5. The van der Waals surface area contributed by atoms with Gasteiger partial charge < -0.3 is 11.1 Å². The maximum Gasteiger partial charge on any atom is 0.401 e. The van der Waals surface area contributed by atoms with E-state index in [4.69, 9.17) is 5.73 Å². The summed E-state index contributed by atoms with van der Waals surface area (Å²) in [6, 6.07) is 6.44. The van der Waals surface area contributed by atoms with Crippen LogP contribution in [0.3, 0.4) is 0 Å². The number of anilines is 1. The molecule has 3 N–H and O–H groups in total. The van der Waals surface area contributed by atoms with Crippen molar-refractivity contribution in [2.75, 3.05) is 25.0 Å². The Balaban J connectivity index is 2.17. The molecule has 0 saturated carbocycles. The minimum absolute atomic E-state index is 0.0357. The van der Waals surface area contributed by atoms with E-state index in [0.29, 0.717) is 18.5 Å². The molecule has 0 bridgehead atoms. The van der Waals surface area contributed by atoms with Crippen LogP contribution in [-0.2, 0) is 11.2 Å². The zero-order valence-corrected chi connectivity index (χ0v) is 11.5. The van der Waals surface area contributed by atoms with Gasteiger partial charge in [0.2, 0.25) is 5.91 Å². The number of aryl methyl sites for hydroxylation is 1. The van der Waals surface area contributed by atoms with Crippen LogP contribution in [0.2, 0.25) is 0 Å². The van der Waals surface area contributed by atoms with Gasteiger partial charge in [0.15, 0.2) is 0 Å². The van der Waals surface area contributed by atoms with Gasteiger partial charge in [0, 0.05) is 18.8 Å².